The molecule has 1 N–H and O–H groups in total. The van der Waals surface area contributed by atoms with Gasteiger partial charge in [-0.3, -0.25) is 4.79 Å². The minimum absolute atomic E-state index is 0.0242. The van der Waals surface area contributed by atoms with Crippen molar-refractivity contribution in [2.24, 2.45) is 5.41 Å². The third-order valence-corrected chi connectivity index (χ3v) is 5.34. The molecule has 0 aromatic carbocycles. The van der Waals surface area contributed by atoms with E-state index < -0.39 is 0 Å². The van der Waals surface area contributed by atoms with Gasteiger partial charge in [0, 0.05) is 32.2 Å². The molecule has 2 rings (SSSR count). The first-order valence-electron chi connectivity index (χ1n) is 7.25. The number of methoxy groups -OCH3 is 1. The van der Waals surface area contributed by atoms with Crippen molar-refractivity contribution >= 4 is 28.8 Å². The van der Waals surface area contributed by atoms with Gasteiger partial charge in [-0.2, -0.15) is 0 Å². The zero-order valence-corrected chi connectivity index (χ0v) is 13.9. The van der Waals surface area contributed by atoms with Crippen molar-refractivity contribution in [2.45, 2.75) is 25.7 Å². The van der Waals surface area contributed by atoms with Crippen molar-refractivity contribution in [1.29, 1.82) is 0 Å². The van der Waals surface area contributed by atoms with Gasteiger partial charge in [-0.15, -0.1) is 11.3 Å². The van der Waals surface area contributed by atoms with E-state index in [4.69, 9.17) is 16.3 Å². The third kappa shape index (κ3) is 4.19. The van der Waals surface area contributed by atoms with Crippen LogP contribution < -0.4 is 0 Å². The molecule has 0 unspecified atom stereocenters. The highest BCUT2D eigenvalue weighted by Gasteiger charge is 2.36. The Morgan fingerprint density at radius 2 is 2.38 bits per heavy atom. The van der Waals surface area contributed by atoms with Crippen LogP contribution in [-0.2, 0) is 4.74 Å². The van der Waals surface area contributed by atoms with Gasteiger partial charge in [0.1, 0.15) is 0 Å². The van der Waals surface area contributed by atoms with Gasteiger partial charge in [-0.1, -0.05) is 11.6 Å². The van der Waals surface area contributed by atoms with E-state index in [-0.39, 0.29) is 17.9 Å². The van der Waals surface area contributed by atoms with Crippen LogP contribution in [0, 0.1) is 5.41 Å². The molecule has 1 aromatic rings. The first-order valence-corrected chi connectivity index (χ1v) is 8.44. The standard InChI is InChI=1S/C15H22ClNO3S/c1-20-9-3-7-15(11-18)6-2-8-17(10-15)14(19)12-4-5-13(16)21-12/h4-5,18H,2-3,6-11H2,1H3/t15-/m0/s1. The Morgan fingerprint density at radius 3 is 3.00 bits per heavy atom. The average Bonchev–Trinajstić information content (AvgIpc) is 2.93. The number of aliphatic hydroxyl groups is 1. The predicted octanol–water partition coefficient (Wildman–Crippen LogP) is 3.04. The number of carbonyl (C=O) groups is 1. The summed E-state index contributed by atoms with van der Waals surface area (Å²) in [7, 11) is 1.68. The van der Waals surface area contributed by atoms with Crippen LogP contribution in [0.4, 0.5) is 0 Å². The molecule has 118 valence electrons. The quantitative estimate of drug-likeness (QED) is 0.815. The van der Waals surface area contributed by atoms with E-state index in [2.05, 4.69) is 0 Å². The van der Waals surface area contributed by atoms with Crippen molar-refractivity contribution in [3.8, 4) is 0 Å². The zero-order chi connectivity index (χ0) is 15.3. The largest absolute Gasteiger partial charge is 0.396 e. The maximum absolute atomic E-state index is 12.5. The highest BCUT2D eigenvalue weighted by Crippen LogP contribution is 2.35. The molecule has 2 heterocycles. The van der Waals surface area contributed by atoms with E-state index in [1.54, 1.807) is 19.2 Å². The maximum atomic E-state index is 12.5. The molecular formula is C15H22ClNO3S. The maximum Gasteiger partial charge on any atom is 0.263 e. The first kappa shape index (κ1) is 16.7. The molecule has 6 heteroatoms. The van der Waals surface area contributed by atoms with Crippen LogP contribution in [0.25, 0.3) is 0 Å². The van der Waals surface area contributed by atoms with Gasteiger partial charge < -0.3 is 14.7 Å². The minimum Gasteiger partial charge on any atom is -0.396 e. The molecular weight excluding hydrogens is 310 g/mol. The Hall–Kier alpha value is -0.620. The van der Waals surface area contributed by atoms with Crippen molar-refractivity contribution in [1.82, 2.24) is 4.90 Å². The van der Waals surface area contributed by atoms with E-state index in [0.29, 0.717) is 22.4 Å². The molecule has 0 radical (unpaired) electrons. The molecule has 1 aromatic heterocycles. The summed E-state index contributed by atoms with van der Waals surface area (Å²) < 4.78 is 5.72. The molecule has 4 nitrogen and oxygen atoms in total. The van der Waals surface area contributed by atoms with Crippen LogP contribution in [-0.4, -0.2) is 49.3 Å². The summed E-state index contributed by atoms with van der Waals surface area (Å²) >= 11 is 7.22. The lowest BCUT2D eigenvalue weighted by molar-refractivity contribution is 0.0183. The number of aliphatic hydroxyl groups excluding tert-OH is 1. The van der Waals surface area contributed by atoms with Crippen LogP contribution in [0.2, 0.25) is 4.34 Å². The second-order valence-corrected chi connectivity index (χ2v) is 7.40. The summed E-state index contributed by atoms with van der Waals surface area (Å²) in [5.41, 5.74) is -0.187. The van der Waals surface area contributed by atoms with Crippen LogP contribution in [0.1, 0.15) is 35.4 Å². The molecule has 0 aliphatic carbocycles. The fraction of sp³-hybridized carbons (Fsp3) is 0.667. The summed E-state index contributed by atoms with van der Waals surface area (Å²) in [4.78, 5) is 15.0. The summed E-state index contributed by atoms with van der Waals surface area (Å²) in [6.45, 7) is 2.17. The monoisotopic (exact) mass is 331 g/mol. The van der Waals surface area contributed by atoms with Crippen LogP contribution in [0.3, 0.4) is 0 Å². The normalized spacial score (nSPS) is 22.5. The number of ether oxygens (including phenoxy) is 1. The summed E-state index contributed by atoms with van der Waals surface area (Å²) in [5.74, 6) is 0.0242. The Bertz CT molecular complexity index is 479. The molecule has 1 saturated heterocycles. The summed E-state index contributed by atoms with van der Waals surface area (Å²) in [6, 6.07) is 3.52. The SMILES string of the molecule is COCCC[C@@]1(CO)CCCN(C(=O)c2ccc(Cl)s2)C1. The highest BCUT2D eigenvalue weighted by molar-refractivity contribution is 7.17. The lowest BCUT2D eigenvalue weighted by atomic mass is 9.77. The number of thiophene rings is 1. The second-order valence-electron chi connectivity index (χ2n) is 5.69. The molecule has 0 bridgehead atoms. The second kappa shape index (κ2) is 7.58. The third-order valence-electron chi connectivity index (χ3n) is 4.12. The van der Waals surface area contributed by atoms with Crippen LogP contribution in [0.5, 0.6) is 0 Å². The number of carbonyl (C=O) groups excluding carboxylic acids is 1. The van der Waals surface area contributed by atoms with Crippen molar-refractivity contribution in [3.63, 3.8) is 0 Å². The van der Waals surface area contributed by atoms with Gasteiger partial charge in [0.05, 0.1) is 15.8 Å². The number of hydrogen-bond donors (Lipinski definition) is 1. The molecule has 21 heavy (non-hydrogen) atoms. The average molecular weight is 332 g/mol. The van der Waals surface area contributed by atoms with Gasteiger partial charge >= 0.3 is 0 Å². The van der Waals surface area contributed by atoms with Crippen molar-refractivity contribution in [2.75, 3.05) is 33.4 Å². The Morgan fingerprint density at radius 1 is 1.57 bits per heavy atom. The Balaban J connectivity index is 2.02. The van der Waals surface area contributed by atoms with Crippen LogP contribution in [0.15, 0.2) is 12.1 Å². The molecule has 1 fully saturated rings. The lowest BCUT2D eigenvalue weighted by Crippen LogP contribution is -2.47. The van der Waals surface area contributed by atoms with Crippen molar-refractivity contribution in [3.05, 3.63) is 21.3 Å². The van der Waals surface area contributed by atoms with Gasteiger partial charge in [0.2, 0.25) is 0 Å². The smallest absolute Gasteiger partial charge is 0.263 e. The molecule has 1 atom stereocenters. The first-order chi connectivity index (χ1) is 10.1. The summed E-state index contributed by atoms with van der Waals surface area (Å²) in [5, 5.41) is 9.82. The van der Waals surface area contributed by atoms with Crippen LogP contribution >= 0.6 is 22.9 Å². The minimum atomic E-state index is -0.187. The van der Waals surface area contributed by atoms with E-state index >= 15 is 0 Å². The number of hydrogen-bond acceptors (Lipinski definition) is 4. The number of likely N-dealkylation sites (tertiary alicyclic amines) is 1. The van der Waals surface area contributed by atoms with E-state index in [1.807, 2.05) is 4.90 Å². The fourth-order valence-electron chi connectivity index (χ4n) is 2.97. The highest BCUT2D eigenvalue weighted by atomic mass is 35.5. The lowest BCUT2D eigenvalue weighted by Gasteiger charge is -2.42. The number of amides is 1. The summed E-state index contributed by atoms with van der Waals surface area (Å²) in [6.07, 6.45) is 3.68. The zero-order valence-electron chi connectivity index (χ0n) is 12.3. The Kier molecular flexibility index (Phi) is 6.05. The molecule has 1 amide bonds. The number of piperidine rings is 1. The van der Waals surface area contributed by atoms with Gasteiger partial charge in [0.15, 0.2) is 0 Å². The van der Waals surface area contributed by atoms with E-state index in [0.717, 1.165) is 32.2 Å². The van der Waals surface area contributed by atoms with E-state index in [9.17, 15) is 9.90 Å². The van der Waals surface area contributed by atoms with E-state index in [1.165, 1.54) is 11.3 Å². The molecule has 1 aliphatic heterocycles. The predicted molar refractivity (Wildman–Crippen MR) is 85.1 cm³/mol. The molecule has 1 aliphatic rings. The number of nitrogens with zero attached hydrogens (tertiary/aromatic N) is 1. The molecule has 0 spiro atoms. The Labute approximate surface area is 134 Å². The van der Waals surface area contributed by atoms with Gasteiger partial charge in [0.25, 0.3) is 5.91 Å². The fourth-order valence-corrected chi connectivity index (χ4v) is 3.98. The number of rotatable bonds is 6. The number of halogens is 1. The topological polar surface area (TPSA) is 49.8 Å². The van der Waals surface area contributed by atoms with Gasteiger partial charge in [-0.25, -0.2) is 0 Å². The van der Waals surface area contributed by atoms with Crippen molar-refractivity contribution < 1.29 is 14.6 Å². The van der Waals surface area contributed by atoms with Gasteiger partial charge in [-0.05, 0) is 37.8 Å². The molecule has 0 saturated carbocycles.